The highest BCUT2D eigenvalue weighted by Gasteiger charge is 2.52. The van der Waals surface area contributed by atoms with Gasteiger partial charge in [0.25, 0.3) is 0 Å². The number of aromatic nitrogens is 1. The molecule has 0 radical (unpaired) electrons. The summed E-state index contributed by atoms with van der Waals surface area (Å²) in [6.45, 7) is 4.68. The van der Waals surface area contributed by atoms with E-state index in [0.29, 0.717) is 24.5 Å². The maximum Gasteiger partial charge on any atom is 0.317 e. The number of carboxylic acids is 1. The Labute approximate surface area is 174 Å². The molecule has 0 spiro atoms. The van der Waals surface area contributed by atoms with Crippen LogP contribution in [0.4, 0.5) is 5.69 Å². The third-order valence-electron chi connectivity index (χ3n) is 5.18. The minimum atomic E-state index is -0.917. The molecule has 1 aliphatic heterocycles. The standard InChI is InChI=1S/C21H24ClN3O4/c1-13(2)14-6-4-5-7-15(14)21(11-25(12-21)10-19(26)27)20(28)24-16-9-23-18(22)8-17(16)29-3/h4-9,13H,10-12H2,1-3H3,(H,24,28)(H,26,27). The Balaban J connectivity index is 1.97. The molecular weight excluding hydrogens is 394 g/mol. The van der Waals surface area contributed by atoms with Crippen LogP contribution in [0.25, 0.3) is 0 Å². The van der Waals surface area contributed by atoms with Gasteiger partial charge in [-0.25, -0.2) is 4.98 Å². The van der Waals surface area contributed by atoms with Gasteiger partial charge < -0.3 is 15.2 Å². The lowest BCUT2D eigenvalue weighted by Gasteiger charge is -2.49. The monoisotopic (exact) mass is 417 g/mol. The molecule has 154 valence electrons. The van der Waals surface area contributed by atoms with Gasteiger partial charge in [0.15, 0.2) is 0 Å². The van der Waals surface area contributed by atoms with E-state index in [9.17, 15) is 9.59 Å². The lowest BCUT2D eigenvalue weighted by atomic mass is 9.69. The Bertz CT molecular complexity index is 926. The predicted molar refractivity (Wildman–Crippen MR) is 111 cm³/mol. The Morgan fingerprint density at radius 1 is 1.34 bits per heavy atom. The number of hydrogen-bond acceptors (Lipinski definition) is 5. The second-order valence-corrected chi connectivity index (χ2v) is 7.91. The first-order valence-corrected chi connectivity index (χ1v) is 9.69. The minimum absolute atomic E-state index is 0.106. The quantitative estimate of drug-likeness (QED) is 0.672. The molecule has 0 saturated carbocycles. The van der Waals surface area contributed by atoms with Crippen LogP contribution in [0.15, 0.2) is 36.5 Å². The molecule has 8 heteroatoms. The summed E-state index contributed by atoms with van der Waals surface area (Å²) in [5.74, 6) is -0.516. The number of nitrogens with one attached hydrogen (secondary N) is 1. The van der Waals surface area contributed by atoms with Crippen LogP contribution in [-0.2, 0) is 15.0 Å². The molecule has 1 fully saturated rings. The molecule has 2 N–H and O–H groups in total. The van der Waals surface area contributed by atoms with Crippen molar-refractivity contribution in [2.45, 2.75) is 25.2 Å². The molecule has 7 nitrogen and oxygen atoms in total. The molecule has 0 aliphatic carbocycles. The third kappa shape index (κ3) is 4.21. The van der Waals surface area contributed by atoms with Gasteiger partial charge in [-0.1, -0.05) is 49.7 Å². The highest BCUT2D eigenvalue weighted by Crippen LogP contribution is 2.40. The number of nitrogens with zero attached hydrogens (tertiary/aromatic N) is 2. The Morgan fingerprint density at radius 2 is 2.03 bits per heavy atom. The first kappa shape index (κ1) is 21.1. The van der Waals surface area contributed by atoms with Crippen molar-refractivity contribution in [2.24, 2.45) is 0 Å². The molecule has 1 saturated heterocycles. The van der Waals surface area contributed by atoms with Crippen LogP contribution in [0.2, 0.25) is 5.15 Å². The van der Waals surface area contributed by atoms with E-state index in [0.717, 1.165) is 11.1 Å². The fraction of sp³-hybridized carbons (Fsp3) is 0.381. The fourth-order valence-electron chi connectivity index (χ4n) is 3.81. The molecule has 1 aliphatic rings. The lowest BCUT2D eigenvalue weighted by Crippen LogP contribution is -2.66. The summed E-state index contributed by atoms with van der Waals surface area (Å²) in [4.78, 5) is 30.4. The van der Waals surface area contributed by atoms with Crippen LogP contribution >= 0.6 is 11.6 Å². The van der Waals surface area contributed by atoms with Gasteiger partial charge in [0.05, 0.1) is 25.3 Å². The first-order valence-electron chi connectivity index (χ1n) is 9.31. The zero-order valence-corrected chi connectivity index (χ0v) is 17.4. The second kappa shape index (κ2) is 8.39. The van der Waals surface area contributed by atoms with Crippen molar-refractivity contribution in [3.8, 4) is 5.75 Å². The van der Waals surface area contributed by atoms with Crippen LogP contribution in [-0.4, -0.2) is 53.6 Å². The normalized spacial score (nSPS) is 15.6. The molecule has 2 aromatic rings. The maximum atomic E-state index is 13.5. The molecule has 1 aromatic carbocycles. The lowest BCUT2D eigenvalue weighted by molar-refractivity contribution is -0.143. The number of carboxylic acid groups (broad SMARTS) is 1. The van der Waals surface area contributed by atoms with Crippen LogP contribution in [0.1, 0.15) is 30.9 Å². The van der Waals surface area contributed by atoms with Crippen LogP contribution in [0.5, 0.6) is 5.75 Å². The highest BCUT2D eigenvalue weighted by atomic mass is 35.5. The zero-order valence-electron chi connectivity index (χ0n) is 16.6. The van der Waals surface area contributed by atoms with E-state index in [2.05, 4.69) is 24.1 Å². The second-order valence-electron chi connectivity index (χ2n) is 7.52. The molecule has 29 heavy (non-hydrogen) atoms. The molecule has 0 bridgehead atoms. The highest BCUT2D eigenvalue weighted by molar-refractivity contribution is 6.29. The predicted octanol–water partition coefficient (Wildman–Crippen LogP) is 3.14. The number of rotatable bonds is 7. The number of benzene rings is 1. The van der Waals surface area contributed by atoms with Crippen LogP contribution < -0.4 is 10.1 Å². The van der Waals surface area contributed by atoms with E-state index < -0.39 is 11.4 Å². The van der Waals surface area contributed by atoms with Gasteiger partial charge in [-0.2, -0.15) is 0 Å². The number of carbonyl (C=O) groups excluding carboxylic acids is 1. The number of likely N-dealkylation sites (tertiary alicyclic amines) is 1. The average Bonchev–Trinajstić information content (AvgIpc) is 2.65. The minimum Gasteiger partial charge on any atom is -0.494 e. The van der Waals surface area contributed by atoms with E-state index in [4.69, 9.17) is 21.4 Å². The largest absolute Gasteiger partial charge is 0.494 e. The molecule has 0 unspecified atom stereocenters. The van der Waals surface area contributed by atoms with Crippen molar-refractivity contribution in [1.29, 1.82) is 0 Å². The van der Waals surface area contributed by atoms with E-state index in [1.165, 1.54) is 19.4 Å². The van der Waals surface area contributed by atoms with Gasteiger partial charge in [-0.05, 0) is 17.0 Å². The third-order valence-corrected chi connectivity index (χ3v) is 5.39. The van der Waals surface area contributed by atoms with Gasteiger partial charge >= 0.3 is 5.97 Å². The number of anilines is 1. The number of pyridine rings is 1. The van der Waals surface area contributed by atoms with E-state index in [1.54, 1.807) is 4.90 Å². The summed E-state index contributed by atoms with van der Waals surface area (Å²) in [6, 6.07) is 9.35. The molecule has 2 heterocycles. The average molecular weight is 418 g/mol. The molecule has 1 aromatic heterocycles. The SMILES string of the molecule is COc1cc(Cl)ncc1NC(=O)C1(c2ccccc2C(C)C)CN(CC(=O)O)C1. The van der Waals surface area contributed by atoms with Crippen molar-refractivity contribution < 1.29 is 19.4 Å². The van der Waals surface area contributed by atoms with Gasteiger partial charge in [-0.15, -0.1) is 0 Å². The van der Waals surface area contributed by atoms with Crippen molar-refractivity contribution in [3.05, 3.63) is 52.8 Å². The number of halogens is 1. The summed E-state index contributed by atoms with van der Waals surface area (Å²) < 4.78 is 5.31. The van der Waals surface area contributed by atoms with E-state index >= 15 is 0 Å². The van der Waals surface area contributed by atoms with Gasteiger partial charge in [0, 0.05) is 19.2 Å². The van der Waals surface area contributed by atoms with Crippen LogP contribution in [0.3, 0.4) is 0 Å². The number of methoxy groups -OCH3 is 1. The Hall–Kier alpha value is -2.64. The van der Waals surface area contributed by atoms with Crippen molar-refractivity contribution in [2.75, 3.05) is 32.1 Å². The maximum absolute atomic E-state index is 13.5. The number of carbonyl (C=O) groups is 2. The molecular formula is C21H24ClN3O4. The molecule has 3 rings (SSSR count). The summed E-state index contributed by atoms with van der Waals surface area (Å²) in [6.07, 6.45) is 1.45. The summed E-state index contributed by atoms with van der Waals surface area (Å²) >= 11 is 5.91. The number of aliphatic carboxylic acids is 1. The van der Waals surface area contributed by atoms with Crippen molar-refractivity contribution in [1.82, 2.24) is 9.88 Å². The number of hydrogen-bond donors (Lipinski definition) is 2. The molecule has 1 amide bonds. The number of ether oxygens (including phenoxy) is 1. The summed E-state index contributed by atoms with van der Waals surface area (Å²) in [5, 5.41) is 12.3. The number of amides is 1. The van der Waals surface area contributed by atoms with Gasteiger partial charge in [-0.3, -0.25) is 14.5 Å². The summed E-state index contributed by atoms with van der Waals surface area (Å²) in [5.41, 5.74) is 1.54. The van der Waals surface area contributed by atoms with Crippen molar-refractivity contribution in [3.63, 3.8) is 0 Å². The van der Waals surface area contributed by atoms with Crippen LogP contribution in [0, 0.1) is 0 Å². The summed E-state index contributed by atoms with van der Waals surface area (Å²) in [7, 11) is 1.49. The fourth-order valence-corrected chi connectivity index (χ4v) is 3.96. The topological polar surface area (TPSA) is 91.8 Å². The first-order chi connectivity index (χ1) is 13.8. The van der Waals surface area contributed by atoms with Gasteiger partial charge in [0.1, 0.15) is 16.6 Å². The Kier molecular flexibility index (Phi) is 6.10. The van der Waals surface area contributed by atoms with E-state index in [1.807, 2.05) is 24.3 Å². The van der Waals surface area contributed by atoms with E-state index in [-0.39, 0.29) is 23.5 Å². The zero-order chi connectivity index (χ0) is 21.2. The van der Waals surface area contributed by atoms with Gasteiger partial charge in [0.2, 0.25) is 5.91 Å². The smallest absolute Gasteiger partial charge is 0.317 e. The van der Waals surface area contributed by atoms with Crippen molar-refractivity contribution >= 4 is 29.2 Å². The molecule has 0 atom stereocenters. The Morgan fingerprint density at radius 3 is 2.66 bits per heavy atom.